The van der Waals surface area contributed by atoms with Crippen molar-refractivity contribution in [1.29, 1.82) is 0 Å². The van der Waals surface area contributed by atoms with Gasteiger partial charge in [0.1, 0.15) is 0 Å². The van der Waals surface area contributed by atoms with Gasteiger partial charge in [-0.1, -0.05) is 0 Å². The van der Waals surface area contributed by atoms with Crippen LogP contribution in [0.3, 0.4) is 0 Å². The first kappa shape index (κ1) is 18.3. The molecule has 5 heteroatoms. The maximum absolute atomic E-state index is 13.0. The Bertz CT molecular complexity index is 703. The normalized spacial score (nSPS) is 30.8. The molecule has 0 aliphatic heterocycles. The van der Waals surface area contributed by atoms with Crippen molar-refractivity contribution in [3.63, 3.8) is 0 Å². The highest BCUT2D eigenvalue weighted by atomic mass is 16.5. The molecule has 27 heavy (non-hydrogen) atoms. The lowest BCUT2D eigenvalue weighted by atomic mass is 9.48. The van der Waals surface area contributed by atoms with E-state index in [4.69, 9.17) is 14.2 Å². The third kappa shape index (κ3) is 3.44. The Balaban J connectivity index is 1.40. The van der Waals surface area contributed by atoms with E-state index in [-0.39, 0.29) is 17.8 Å². The highest BCUT2D eigenvalue weighted by molar-refractivity contribution is 5.93. The molecule has 1 aromatic carbocycles. The number of methoxy groups -OCH3 is 1. The van der Waals surface area contributed by atoms with Crippen molar-refractivity contribution in [1.82, 2.24) is 0 Å². The monoisotopic (exact) mass is 372 g/mol. The maximum atomic E-state index is 13.0. The van der Waals surface area contributed by atoms with E-state index in [1.807, 2.05) is 6.92 Å². The molecule has 0 heterocycles. The van der Waals surface area contributed by atoms with Gasteiger partial charge < -0.3 is 14.2 Å². The summed E-state index contributed by atoms with van der Waals surface area (Å²) < 4.78 is 16.1. The van der Waals surface area contributed by atoms with E-state index in [1.165, 1.54) is 26.4 Å². The van der Waals surface area contributed by atoms with Crippen molar-refractivity contribution < 1.29 is 23.8 Å². The van der Waals surface area contributed by atoms with Gasteiger partial charge in [-0.25, -0.2) is 4.79 Å². The van der Waals surface area contributed by atoms with E-state index >= 15 is 0 Å². The van der Waals surface area contributed by atoms with Gasteiger partial charge >= 0.3 is 5.97 Å². The SMILES string of the molecule is CCOc1ccc(C(=O)OCC(=O)C23CC4CC(CC(C4)C2)C3)cc1OC. The zero-order valence-electron chi connectivity index (χ0n) is 16.2. The lowest BCUT2D eigenvalue weighted by Crippen LogP contribution is -2.51. The second kappa shape index (κ2) is 7.17. The van der Waals surface area contributed by atoms with Crippen molar-refractivity contribution in [3.05, 3.63) is 23.8 Å². The van der Waals surface area contributed by atoms with Gasteiger partial charge in [0.25, 0.3) is 0 Å². The number of Topliss-reactive ketones (excluding diaryl/α,β-unsaturated/α-hetero) is 1. The summed E-state index contributed by atoms with van der Waals surface area (Å²) in [6.07, 6.45) is 6.85. The largest absolute Gasteiger partial charge is 0.493 e. The number of rotatable bonds is 7. The minimum atomic E-state index is -0.491. The van der Waals surface area contributed by atoms with Gasteiger partial charge in [0.2, 0.25) is 0 Å². The molecule has 5 rings (SSSR count). The molecule has 0 N–H and O–H groups in total. The Kier molecular flexibility index (Phi) is 4.87. The van der Waals surface area contributed by atoms with Crippen LogP contribution in [-0.4, -0.2) is 32.1 Å². The number of carbonyl (C=O) groups is 2. The molecular weight excluding hydrogens is 344 g/mol. The lowest BCUT2D eigenvalue weighted by molar-refractivity contribution is -0.147. The van der Waals surface area contributed by atoms with Crippen molar-refractivity contribution >= 4 is 11.8 Å². The molecule has 4 aliphatic rings. The fourth-order valence-corrected chi connectivity index (χ4v) is 5.89. The average molecular weight is 372 g/mol. The zero-order chi connectivity index (χ0) is 19.0. The quantitative estimate of drug-likeness (QED) is 0.676. The zero-order valence-corrected chi connectivity index (χ0v) is 16.2. The highest BCUT2D eigenvalue weighted by Crippen LogP contribution is 2.60. The topological polar surface area (TPSA) is 61.8 Å². The Morgan fingerprint density at radius 3 is 2.22 bits per heavy atom. The summed E-state index contributed by atoms with van der Waals surface area (Å²) in [6.45, 7) is 2.28. The second-order valence-corrected chi connectivity index (χ2v) is 8.50. The lowest BCUT2D eigenvalue weighted by Gasteiger charge is -2.55. The molecule has 0 amide bonds. The molecule has 146 valence electrons. The average Bonchev–Trinajstić information content (AvgIpc) is 2.65. The van der Waals surface area contributed by atoms with E-state index in [2.05, 4.69) is 0 Å². The fourth-order valence-electron chi connectivity index (χ4n) is 5.89. The Morgan fingerprint density at radius 1 is 1.04 bits per heavy atom. The molecule has 0 aromatic heterocycles. The smallest absolute Gasteiger partial charge is 0.338 e. The Hall–Kier alpha value is -2.04. The molecule has 0 spiro atoms. The summed E-state index contributed by atoms with van der Waals surface area (Å²) in [5.74, 6) is 2.80. The van der Waals surface area contributed by atoms with Crippen LogP contribution < -0.4 is 9.47 Å². The maximum Gasteiger partial charge on any atom is 0.338 e. The van der Waals surface area contributed by atoms with Gasteiger partial charge in [-0.05, 0) is 81.4 Å². The van der Waals surface area contributed by atoms with Gasteiger partial charge in [-0.2, -0.15) is 0 Å². The molecule has 0 radical (unpaired) electrons. The van der Waals surface area contributed by atoms with Crippen molar-refractivity contribution in [2.75, 3.05) is 20.3 Å². The van der Waals surface area contributed by atoms with Crippen LogP contribution in [0.5, 0.6) is 11.5 Å². The predicted molar refractivity (Wildman–Crippen MR) is 100 cm³/mol. The third-order valence-corrected chi connectivity index (χ3v) is 6.66. The molecular formula is C22H28O5. The summed E-state index contributed by atoms with van der Waals surface area (Å²) in [6, 6.07) is 4.94. The number of hydrogen-bond acceptors (Lipinski definition) is 5. The standard InChI is InChI=1S/C22H28O5/c1-3-26-18-5-4-17(9-19(18)25-2)21(24)27-13-20(23)22-10-14-6-15(11-22)8-16(7-14)12-22/h4-5,9,14-16H,3,6-8,10-13H2,1-2H3. The third-order valence-electron chi connectivity index (χ3n) is 6.66. The van der Waals surface area contributed by atoms with Gasteiger partial charge in [-0.3, -0.25) is 4.79 Å². The van der Waals surface area contributed by atoms with Crippen LogP contribution in [-0.2, 0) is 9.53 Å². The van der Waals surface area contributed by atoms with E-state index < -0.39 is 5.97 Å². The van der Waals surface area contributed by atoms with Crippen molar-refractivity contribution in [2.24, 2.45) is 23.2 Å². The van der Waals surface area contributed by atoms with Crippen LogP contribution >= 0.6 is 0 Å². The molecule has 0 atom stereocenters. The Labute approximate surface area is 160 Å². The van der Waals surface area contributed by atoms with E-state index in [0.717, 1.165) is 19.3 Å². The highest BCUT2D eigenvalue weighted by Gasteiger charge is 2.54. The van der Waals surface area contributed by atoms with Crippen LogP contribution in [0.4, 0.5) is 0 Å². The number of esters is 1. The van der Waals surface area contributed by atoms with Gasteiger partial charge in [0.05, 0.1) is 19.3 Å². The number of ketones is 1. The van der Waals surface area contributed by atoms with Gasteiger partial charge in [0.15, 0.2) is 23.9 Å². The number of carbonyl (C=O) groups excluding carboxylic acids is 2. The van der Waals surface area contributed by atoms with Crippen LogP contribution in [0.2, 0.25) is 0 Å². The fraction of sp³-hybridized carbons (Fsp3) is 0.636. The summed E-state index contributed by atoms with van der Waals surface area (Å²) >= 11 is 0. The molecule has 4 fully saturated rings. The summed E-state index contributed by atoms with van der Waals surface area (Å²) in [5.41, 5.74) is 0.138. The Morgan fingerprint density at radius 2 is 1.67 bits per heavy atom. The van der Waals surface area contributed by atoms with Crippen LogP contribution in [0.25, 0.3) is 0 Å². The van der Waals surface area contributed by atoms with Crippen molar-refractivity contribution in [2.45, 2.75) is 45.4 Å². The molecule has 1 aromatic rings. The molecule has 0 unspecified atom stereocenters. The first-order valence-corrected chi connectivity index (χ1v) is 10.0. The molecule has 4 saturated carbocycles. The van der Waals surface area contributed by atoms with E-state index in [9.17, 15) is 9.59 Å². The minimum absolute atomic E-state index is 0.118. The van der Waals surface area contributed by atoms with Gasteiger partial charge in [-0.15, -0.1) is 0 Å². The van der Waals surface area contributed by atoms with Crippen LogP contribution in [0, 0.1) is 23.2 Å². The summed E-state index contributed by atoms with van der Waals surface area (Å²) in [7, 11) is 1.53. The first-order chi connectivity index (χ1) is 13.0. The van der Waals surface area contributed by atoms with E-state index in [1.54, 1.807) is 18.2 Å². The molecule has 4 bridgehead atoms. The molecule has 4 aliphatic carbocycles. The predicted octanol–water partition coefficient (Wildman–Crippen LogP) is 4.04. The molecule has 0 saturated heterocycles. The van der Waals surface area contributed by atoms with Crippen molar-refractivity contribution in [3.8, 4) is 11.5 Å². The summed E-state index contributed by atoms with van der Waals surface area (Å²) in [4.78, 5) is 25.4. The minimum Gasteiger partial charge on any atom is -0.493 e. The van der Waals surface area contributed by atoms with Gasteiger partial charge in [0, 0.05) is 5.41 Å². The van der Waals surface area contributed by atoms with Crippen LogP contribution in [0.1, 0.15) is 55.8 Å². The first-order valence-electron chi connectivity index (χ1n) is 10.0. The summed E-state index contributed by atoms with van der Waals surface area (Å²) in [5, 5.41) is 0. The number of ether oxygens (including phenoxy) is 3. The molecule has 5 nitrogen and oxygen atoms in total. The van der Waals surface area contributed by atoms with Crippen LogP contribution in [0.15, 0.2) is 18.2 Å². The second-order valence-electron chi connectivity index (χ2n) is 8.50. The number of benzene rings is 1. The number of hydrogen-bond donors (Lipinski definition) is 0. The van der Waals surface area contributed by atoms with E-state index in [0.29, 0.717) is 41.4 Å².